The first-order valence-electron chi connectivity index (χ1n) is 10.1. The van der Waals surface area contributed by atoms with E-state index in [2.05, 4.69) is 25.4 Å². The van der Waals surface area contributed by atoms with Gasteiger partial charge in [0.15, 0.2) is 12.0 Å². The number of hydrogen-bond acceptors (Lipinski definition) is 8. The third-order valence-electron chi connectivity index (χ3n) is 6.08. The number of anilines is 1. The Morgan fingerprint density at radius 1 is 1.27 bits per heavy atom. The third kappa shape index (κ3) is 2.61. The van der Waals surface area contributed by atoms with Crippen molar-refractivity contribution >= 4 is 23.5 Å². The third-order valence-corrected chi connectivity index (χ3v) is 6.08. The Kier molecular flexibility index (Phi) is 3.69. The molecule has 2 fully saturated rings. The van der Waals surface area contributed by atoms with Crippen LogP contribution in [0.15, 0.2) is 44.6 Å². The highest BCUT2D eigenvalue weighted by Gasteiger charge is 2.36. The van der Waals surface area contributed by atoms with E-state index in [0.29, 0.717) is 30.2 Å². The van der Waals surface area contributed by atoms with Crippen LogP contribution >= 0.6 is 0 Å². The summed E-state index contributed by atoms with van der Waals surface area (Å²) in [6.07, 6.45) is 9.41. The fourth-order valence-electron chi connectivity index (χ4n) is 4.50. The highest BCUT2D eigenvalue weighted by Crippen LogP contribution is 2.26. The van der Waals surface area contributed by atoms with Crippen molar-refractivity contribution in [3.8, 4) is 0 Å². The normalized spacial score (nSPS) is 27.2. The molecule has 30 heavy (non-hydrogen) atoms. The minimum Gasteiger partial charge on any atom is -0.371 e. The number of azo groups is 2. The number of allylic oxidation sites excluding steroid dienone is 1. The molecule has 3 atom stereocenters. The quantitative estimate of drug-likeness (QED) is 0.749. The van der Waals surface area contributed by atoms with Gasteiger partial charge in [-0.15, -0.1) is 0 Å². The first-order valence-corrected chi connectivity index (χ1v) is 10.1. The van der Waals surface area contributed by atoms with Crippen LogP contribution in [-0.4, -0.2) is 61.7 Å². The number of morpholine rings is 1. The molecule has 0 aliphatic carbocycles. The Balaban J connectivity index is 1.38. The highest BCUT2D eigenvalue weighted by molar-refractivity contribution is 5.72. The Hall–Kier alpha value is -3.34. The SMILES string of the molecule is CC1=C[N+]2=NC=NC2C=C1Nc1ncc2c(n1)n(N1CC3CCC(C1)O3)c(=O)n2C. The van der Waals surface area contributed by atoms with Crippen LogP contribution in [-0.2, 0) is 11.8 Å². The summed E-state index contributed by atoms with van der Waals surface area (Å²) in [5.74, 6) is 0.435. The maximum atomic E-state index is 13.0. The molecule has 2 aromatic heterocycles. The summed E-state index contributed by atoms with van der Waals surface area (Å²) < 4.78 is 11.0. The zero-order valence-corrected chi connectivity index (χ0v) is 16.8. The van der Waals surface area contributed by atoms with Crippen molar-refractivity contribution in [3.05, 3.63) is 40.2 Å². The fraction of sp³-hybridized carbons (Fsp3) is 0.474. The topological polar surface area (TPSA) is 105 Å². The van der Waals surface area contributed by atoms with Gasteiger partial charge in [0.1, 0.15) is 5.52 Å². The molecule has 2 bridgehead atoms. The Morgan fingerprint density at radius 2 is 2.07 bits per heavy atom. The summed E-state index contributed by atoms with van der Waals surface area (Å²) >= 11 is 0. The summed E-state index contributed by atoms with van der Waals surface area (Å²) in [7, 11) is 1.75. The largest absolute Gasteiger partial charge is 0.371 e. The molecule has 0 aromatic carbocycles. The molecule has 4 aliphatic rings. The Morgan fingerprint density at radius 3 is 2.87 bits per heavy atom. The van der Waals surface area contributed by atoms with Crippen molar-refractivity contribution in [2.75, 3.05) is 23.4 Å². The van der Waals surface area contributed by atoms with E-state index in [-0.39, 0.29) is 24.1 Å². The van der Waals surface area contributed by atoms with E-state index in [4.69, 9.17) is 9.72 Å². The second-order valence-electron chi connectivity index (χ2n) is 8.08. The number of hydrogen-bond donors (Lipinski definition) is 1. The van der Waals surface area contributed by atoms with Gasteiger partial charge in [0.2, 0.25) is 12.1 Å². The van der Waals surface area contributed by atoms with E-state index in [1.54, 1.807) is 33.5 Å². The number of ether oxygens (including phenoxy) is 1. The van der Waals surface area contributed by atoms with Crippen molar-refractivity contribution in [3.63, 3.8) is 0 Å². The van der Waals surface area contributed by atoms with Crippen LogP contribution in [0.2, 0.25) is 0 Å². The van der Waals surface area contributed by atoms with E-state index in [1.807, 2.05) is 19.2 Å². The molecular weight excluding hydrogens is 386 g/mol. The van der Waals surface area contributed by atoms with Gasteiger partial charge in [-0.05, 0) is 19.8 Å². The Bertz CT molecular complexity index is 1220. The molecule has 6 rings (SSSR count). The lowest BCUT2D eigenvalue weighted by atomic mass is 10.1. The second-order valence-corrected chi connectivity index (χ2v) is 8.08. The van der Waals surface area contributed by atoms with Crippen LogP contribution in [0.3, 0.4) is 0 Å². The number of aromatic nitrogens is 4. The number of fused-ring (bicyclic) bond motifs is 4. The first kappa shape index (κ1) is 17.5. The van der Waals surface area contributed by atoms with Crippen LogP contribution in [0, 0.1) is 0 Å². The van der Waals surface area contributed by atoms with Gasteiger partial charge < -0.3 is 15.1 Å². The molecule has 6 heterocycles. The van der Waals surface area contributed by atoms with Gasteiger partial charge in [0.05, 0.1) is 37.2 Å². The van der Waals surface area contributed by atoms with Crippen molar-refractivity contribution in [2.45, 2.75) is 38.1 Å². The lowest BCUT2D eigenvalue weighted by molar-refractivity contribution is -0.542. The van der Waals surface area contributed by atoms with Crippen LogP contribution < -0.4 is 16.0 Å². The zero-order valence-electron chi connectivity index (χ0n) is 16.8. The molecule has 0 saturated carbocycles. The average molecular weight is 408 g/mol. The van der Waals surface area contributed by atoms with E-state index in [9.17, 15) is 4.79 Å². The number of nitrogens with one attached hydrogen (secondary N) is 1. The van der Waals surface area contributed by atoms with Crippen LogP contribution in [0.1, 0.15) is 19.8 Å². The van der Waals surface area contributed by atoms with E-state index >= 15 is 0 Å². The van der Waals surface area contributed by atoms with Gasteiger partial charge in [-0.3, -0.25) is 4.57 Å². The van der Waals surface area contributed by atoms with E-state index in [0.717, 1.165) is 24.1 Å². The van der Waals surface area contributed by atoms with Gasteiger partial charge in [0.25, 0.3) is 6.17 Å². The molecular formula is C19H22N9O2+. The van der Waals surface area contributed by atoms with Crippen molar-refractivity contribution in [2.24, 2.45) is 17.2 Å². The number of aryl methyl sites for hydroxylation is 1. The van der Waals surface area contributed by atoms with Crippen LogP contribution in [0.4, 0.5) is 5.95 Å². The summed E-state index contributed by atoms with van der Waals surface area (Å²) in [5, 5.41) is 9.53. The minimum atomic E-state index is -0.154. The monoisotopic (exact) mass is 408 g/mol. The van der Waals surface area contributed by atoms with Crippen LogP contribution in [0.5, 0.6) is 0 Å². The number of rotatable bonds is 3. The highest BCUT2D eigenvalue weighted by atomic mass is 16.5. The molecule has 2 saturated heterocycles. The van der Waals surface area contributed by atoms with E-state index in [1.165, 1.54) is 0 Å². The molecule has 4 aliphatic heterocycles. The van der Waals surface area contributed by atoms with Gasteiger partial charge >= 0.3 is 5.69 Å². The molecule has 0 radical (unpaired) electrons. The van der Waals surface area contributed by atoms with Crippen molar-refractivity contribution in [1.29, 1.82) is 0 Å². The maximum absolute atomic E-state index is 13.0. The summed E-state index contributed by atoms with van der Waals surface area (Å²) in [6.45, 7) is 3.37. The lowest BCUT2D eigenvalue weighted by Crippen LogP contribution is -2.52. The number of aliphatic imine (C=N–C) groups is 1. The van der Waals surface area contributed by atoms with E-state index < -0.39 is 0 Å². The summed E-state index contributed by atoms with van der Waals surface area (Å²) in [4.78, 5) is 26.5. The molecule has 11 heteroatoms. The van der Waals surface area contributed by atoms with Gasteiger partial charge in [0, 0.05) is 23.8 Å². The summed E-state index contributed by atoms with van der Waals surface area (Å²) in [5.41, 5.74) is 3.04. The standard InChI is InChI=1S/C19H22N9O2/c1-11-7-27-16(21-10-22-27)5-14(11)23-18-20-6-15-17(24-18)28(19(29)25(15)2)26-8-12-3-4-13(9-26)30-12/h5-7,10,12-13,16H,3-4,8-9H2,1-2H3,(H,20,23,24)/q+1. The van der Waals surface area contributed by atoms with Gasteiger partial charge in [-0.1, -0.05) is 4.70 Å². The molecule has 1 N–H and O–H groups in total. The molecule has 0 spiro atoms. The molecule has 3 unspecified atom stereocenters. The lowest BCUT2D eigenvalue weighted by Gasteiger charge is -2.33. The van der Waals surface area contributed by atoms with Gasteiger partial charge in [-0.25, -0.2) is 9.78 Å². The predicted molar refractivity (Wildman–Crippen MR) is 109 cm³/mol. The van der Waals surface area contributed by atoms with Gasteiger partial charge in [-0.2, -0.15) is 14.7 Å². The predicted octanol–water partition coefficient (Wildman–Crippen LogP) is 0.675. The average Bonchev–Trinajstić information content (AvgIpc) is 3.39. The maximum Gasteiger partial charge on any atom is 0.349 e. The second kappa shape index (κ2) is 6.33. The molecule has 2 aromatic rings. The summed E-state index contributed by atoms with van der Waals surface area (Å²) in [6, 6.07) is 0. The first-order chi connectivity index (χ1) is 14.6. The van der Waals surface area contributed by atoms with Crippen molar-refractivity contribution in [1.82, 2.24) is 19.2 Å². The minimum absolute atomic E-state index is 0.122. The zero-order chi connectivity index (χ0) is 20.4. The van der Waals surface area contributed by atoms with Crippen molar-refractivity contribution < 1.29 is 9.43 Å². The molecule has 154 valence electrons. The molecule has 0 amide bonds. The number of imidazole rings is 1. The Labute approximate surface area is 171 Å². The fourth-order valence-corrected chi connectivity index (χ4v) is 4.50. The molecule has 11 nitrogen and oxygen atoms in total. The van der Waals surface area contributed by atoms with Crippen LogP contribution in [0.25, 0.3) is 11.2 Å². The smallest absolute Gasteiger partial charge is 0.349 e. The number of nitrogens with zero attached hydrogens (tertiary/aromatic N) is 8.